The molecule has 1 aliphatic carbocycles. The lowest BCUT2D eigenvalue weighted by Gasteiger charge is -2.14. The van der Waals surface area contributed by atoms with E-state index in [-0.39, 0.29) is 0 Å². The van der Waals surface area contributed by atoms with Gasteiger partial charge in [0, 0.05) is 9.35 Å². The molecule has 0 radical (unpaired) electrons. The van der Waals surface area contributed by atoms with E-state index in [1.165, 1.54) is 15.8 Å². The standard InChI is InChI=1S/C9H13BrN2S/c1-5-4-6(5)8(12-11)9-7(10)2-3-13-9/h2-3,5-6,8,12H,4,11H2,1H3. The van der Waals surface area contributed by atoms with E-state index >= 15 is 0 Å². The Morgan fingerprint density at radius 3 is 2.85 bits per heavy atom. The largest absolute Gasteiger partial charge is 0.271 e. The zero-order chi connectivity index (χ0) is 9.42. The van der Waals surface area contributed by atoms with Crippen LogP contribution in [0.4, 0.5) is 0 Å². The lowest BCUT2D eigenvalue weighted by atomic mass is 10.1. The Labute approximate surface area is 90.6 Å². The molecule has 1 aromatic rings. The Bertz CT molecular complexity index is 300. The number of hydrogen-bond donors (Lipinski definition) is 2. The van der Waals surface area contributed by atoms with Crippen molar-refractivity contribution in [1.82, 2.24) is 5.43 Å². The molecular formula is C9H13BrN2S. The summed E-state index contributed by atoms with van der Waals surface area (Å²) in [6, 6.07) is 2.42. The summed E-state index contributed by atoms with van der Waals surface area (Å²) in [4.78, 5) is 1.33. The second-order valence-electron chi connectivity index (χ2n) is 3.65. The van der Waals surface area contributed by atoms with Gasteiger partial charge in [0.15, 0.2) is 0 Å². The summed E-state index contributed by atoms with van der Waals surface area (Å²) >= 11 is 5.30. The quantitative estimate of drug-likeness (QED) is 0.648. The Hall–Kier alpha value is 0.100. The molecule has 0 aliphatic heterocycles. The summed E-state index contributed by atoms with van der Waals surface area (Å²) in [5.41, 5.74) is 2.92. The van der Waals surface area contributed by atoms with Crippen LogP contribution in [-0.4, -0.2) is 0 Å². The third-order valence-electron chi connectivity index (χ3n) is 2.71. The van der Waals surface area contributed by atoms with E-state index in [4.69, 9.17) is 5.84 Å². The first-order chi connectivity index (χ1) is 6.24. The van der Waals surface area contributed by atoms with Crippen LogP contribution >= 0.6 is 27.3 Å². The molecule has 3 atom stereocenters. The smallest absolute Gasteiger partial charge is 0.0595 e. The zero-order valence-electron chi connectivity index (χ0n) is 7.46. The average Bonchev–Trinajstić information content (AvgIpc) is 2.65. The minimum atomic E-state index is 0.337. The Balaban J connectivity index is 2.17. The van der Waals surface area contributed by atoms with Crippen LogP contribution in [-0.2, 0) is 0 Å². The topological polar surface area (TPSA) is 38.0 Å². The van der Waals surface area contributed by atoms with E-state index in [0.29, 0.717) is 6.04 Å². The van der Waals surface area contributed by atoms with Crippen LogP contribution in [0.25, 0.3) is 0 Å². The Morgan fingerprint density at radius 2 is 2.46 bits per heavy atom. The van der Waals surface area contributed by atoms with Gasteiger partial charge in [-0.3, -0.25) is 11.3 Å². The molecule has 0 bridgehead atoms. The van der Waals surface area contributed by atoms with E-state index in [9.17, 15) is 0 Å². The van der Waals surface area contributed by atoms with Crippen molar-refractivity contribution in [3.63, 3.8) is 0 Å². The van der Waals surface area contributed by atoms with Gasteiger partial charge in [-0.05, 0) is 45.6 Å². The highest BCUT2D eigenvalue weighted by Crippen LogP contribution is 2.48. The highest BCUT2D eigenvalue weighted by molar-refractivity contribution is 9.10. The minimum absolute atomic E-state index is 0.337. The second kappa shape index (κ2) is 3.69. The number of hydrazine groups is 1. The summed E-state index contributed by atoms with van der Waals surface area (Å²) in [5, 5.41) is 2.09. The van der Waals surface area contributed by atoms with Crippen molar-refractivity contribution in [2.45, 2.75) is 19.4 Å². The molecule has 0 saturated heterocycles. The van der Waals surface area contributed by atoms with E-state index in [2.05, 4.69) is 39.7 Å². The molecule has 72 valence electrons. The van der Waals surface area contributed by atoms with Crippen LogP contribution in [0.15, 0.2) is 15.9 Å². The van der Waals surface area contributed by atoms with Gasteiger partial charge in [0.2, 0.25) is 0 Å². The Kier molecular flexibility index (Phi) is 2.74. The van der Waals surface area contributed by atoms with Gasteiger partial charge < -0.3 is 0 Å². The first-order valence-corrected chi connectivity index (χ1v) is 6.10. The van der Waals surface area contributed by atoms with Gasteiger partial charge in [0.05, 0.1) is 6.04 Å². The van der Waals surface area contributed by atoms with E-state index < -0.39 is 0 Å². The summed E-state index contributed by atoms with van der Waals surface area (Å²) in [5.74, 6) is 7.11. The fourth-order valence-corrected chi connectivity index (χ4v) is 3.49. The van der Waals surface area contributed by atoms with Gasteiger partial charge in [-0.15, -0.1) is 11.3 Å². The van der Waals surface area contributed by atoms with Gasteiger partial charge in [-0.1, -0.05) is 6.92 Å². The van der Waals surface area contributed by atoms with Crippen LogP contribution in [0.2, 0.25) is 0 Å². The highest BCUT2D eigenvalue weighted by Gasteiger charge is 2.40. The number of nitrogens with two attached hydrogens (primary N) is 1. The number of thiophene rings is 1. The first-order valence-electron chi connectivity index (χ1n) is 4.43. The van der Waals surface area contributed by atoms with Gasteiger partial charge in [0.1, 0.15) is 0 Å². The number of rotatable bonds is 3. The summed E-state index contributed by atoms with van der Waals surface area (Å²) in [7, 11) is 0. The molecule has 1 saturated carbocycles. The third kappa shape index (κ3) is 1.81. The zero-order valence-corrected chi connectivity index (χ0v) is 9.86. The second-order valence-corrected chi connectivity index (χ2v) is 5.46. The number of halogens is 1. The van der Waals surface area contributed by atoms with Crippen LogP contribution < -0.4 is 11.3 Å². The normalized spacial score (nSPS) is 28.8. The molecule has 3 unspecified atom stereocenters. The van der Waals surface area contributed by atoms with E-state index in [1.807, 2.05) is 0 Å². The van der Waals surface area contributed by atoms with Gasteiger partial charge in [0.25, 0.3) is 0 Å². The van der Waals surface area contributed by atoms with Gasteiger partial charge in [-0.2, -0.15) is 0 Å². The summed E-state index contributed by atoms with van der Waals surface area (Å²) in [6.45, 7) is 2.27. The van der Waals surface area contributed by atoms with E-state index in [1.54, 1.807) is 11.3 Å². The van der Waals surface area contributed by atoms with Crippen molar-refractivity contribution in [1.29, 1.82) is 0 Å². The van der Waals surface area contributed by atoms with Crippen molar-refractivity contribution in [2.75, 3.05) is 0 Å². The fourth-order valence-electron chi connectivity index (χ4n) is 1.74. The number of nitrogens with one attached hydrogen (secondary N) is 1. The molecule has 1 fully saturated rings. The highest BCUT2D eigenvalue weighted by atomic mass is 79.9. The van der Waals surface area contributed by atoms with Gasteiger partial charge >= 0.3 is 0 Å². The predicted molar refractivity (Wildman–Crippen MR) is 59.4 cm³/mol. The monoisotopic (exact) mass is 260 g/mol. The van der Waals surface area contributed by atoms with Crippen molar-refractivity contribution < 1.29 is 0 Å². The molecule has 2 rings (SSSR count). The summed E-state index contributed by atoms with van der Waals surface area (Å²) < 4.78 is 1.18. The van der Waals surface area contributed by atoms with E-state index in [0.717, 1.165) is 11.8 Å². The molecule has 1 aliphatic rings. The lowest BCUT2D eigenvalue weighted by molar-refractivity contribution is 0.481. The third-order valence-corrected chi connectivity index (χ3v) is 4.66. The maximum atomic E-state index is 5.57. The van der Waals surface area contributed by atoms with Crippen molar-refractivity contribution >= 4 is 27.3 Å². The lowest BCUT2D eigenvalue weighted by Crippen LogP contribution is -2.29. The van der Waals surface area contributed by atoms with Crippen LogP contribution in [0.3, 0.4) is 0 Å². The predicted octanol–water partition coefficient (Wildman–Crippen LogP) is 2.67. The first kappa shape index (κ1) is 9.65. The maximum Gasteiger partial charge on any atom is 0.0595 e. The molecule has 0 spiro atoms. The Morgan fingerprint density at radius 1 is 1.77 bits per heavy atom. The fraction of sp³-hybridized carbons (Fsp3) is 0.556. The molecule has 0 amide bonds. The average molecular weight is 261 g/mol. The molecule has 0 aromatic carbocycles. The van der Waals surface area contributed by atoms with Crippen molar-refractivity contribution in [2.24, 2.45) is 17.7 Å². The summed E-state index contributed by atoms with van der Waals surface area (Å²) in [6.07, 6.45) is 1.29. The molecule has 2 nitrogen and oxygen atoms in total. The maximum absolute atomic E-state index is 5.57. The molecule has 4 heteroatoms. The molecule has 1 heterocycles. The molecule has 13 heavy (non-hydrogen) atoms. The van der Waals surface area contributed by atoms with Crippen LogP contribution in [0, 0.1) is 11.8 Å². The molecule has 3 N–H and O–H groups in total. The SMILES string of the molecule is CC1CC1C(NN)c1sccc1Br. The van der Waals surface area contributed by atoms with Crippen LogP contribution in [0.1, 0.15) is 24.3 Å². The van der Waals surface area contributed by atoms with Crippen molar-refractivity contribution in [3.05, 3.63) is 20.8 Å². The minimum Gasteiger partial charge on any atom is -0.271 e. The molecule has 1 aromatic heterocycles. The number of hydrogen-bond acceptors (Lipinski definition) is 3. The van der Waals surface area contributed by atoms with Gasteiger partial charge in [-0.25, -0.2) is 0 Å². The van der Waals surface area contributed by atoms with Crippen molar-refractivity contribution in [3.8, 4) is 0 Å². The van der Waals surface area contributed by atoms with Crippen LogP contribution in [0.5, 0.6) is 0 Å². The molecular weight excluding hydrogens is 248 g/mol.